The van der Waals surface area contributed by atoms with Crippen LogP contribution in [0.4, 0.5) is 5.00 Å². The SMILES string of the molecule is CCCNc1snnc1COc1cncc(Cl)c1. The molecule has 2 aromatic heterocycles. The normalized spacial score (nSPS) is 10.3. The number of rotatable bonds is 6. The van der Waals surface area contributed by atoms with Crippen molar-refractivity contribution in [2.24, 2.45) is 0 Å². The lowest BCUT2D eigenvalue weighted by Crippen LogP contribution is -2.03. The van der Waals surface area contributed by atoms with Gasteiger partial charge >= 0.3 is 0 Å². The van der Waals surface area contributed by atoms with Crippen LogP contribution in [-0.4, -0.2) is 21.1 Å². The summed E-state index contributed by atoms with van der Waals surface area (Å²) in [5.74, 6) is 0.622. The van der Waals surface area contributed by atoms with E-state index in [2.05, 4.69) is 26.8 Å². The lowest BCUT2D eigenvalue weighted by Gasteiger charge is -2.06. The predicted molar refractivity (Wildman–Crippen MR) is 72.3 cm³/mol. The quantitative estimate of drug-likeness (QED) is 0.884. The van der Waals surface area contributed by atoms with Crippen molar-refractivity contribution in [1.29, 1.82) is 0 Å². The summed E-state index contributed by atoms with van der Waals surface area (Å²) in [5.41, 5.74) is 0.799. The van der Waals surface area contributed by atoms with Crippen molar-refractivity contribution in [3.05, 3.63) is 29.2 Å². The molecule has 0 radical (unpaired) electrons. The zero-order valence-corrected chi connectivity index (χ0v) is 11.5. The fourth-order valence-corrected chi connectivity index (χ4v) is 2.06. The summed E-state index contributed by atoms with van der Waals surface area (Å²) >= 11 is 7.16. The highest BCUT2D eigenvalue weighted by atomic mass is 35.5. The smallest absolute Gasteiger partial charge is 0.139 e. The van der Waals surface area contributed by atoms with E-state index in [1.54, 1.807) is 18.5 Å². The molecule has 5 nitrogen and oxygen atoms in total. The molecule has 0 bridgehead atoms. The minimum Gasteiger partial charge on any atom is -0.485 e. The third-order valence-corrected chi connectivity index (χ3v) is 3.08. The second kappa shape index (κ2) is 6.51. The van der Waals surface area contributed by atoms with E-state index in [1.165, 1.54) is 11.5 Å². The zero-order chi connectivity index (χ0) is 12.8. The third-order valence-electron chi connectivity index (χ3n) is 2.15. The molecule has 0 amide bonds. The van der Waals surface area contributed by atoms with E-state index >= 15 is 0 Å². The molecule has 18 heavy (non-hydrogen) atoms. The Morgan fingerprint density at radius 1 is 1.44 bits per heavy atom. The van der Waals surface area contributed by atoms with Gasteiger partial charge in [-0.05, 0) is 6.42 Å². The Hall–Kier alpha value is -1.40. The van der Waals surface area contributed by atoms with Crippen molar-refractivity contribution in [2.45, 2.75) is 20.0 Å². The van der Waals surface area contributed by atoms with E-state index in [1.807, 2.05) is 0 Å². The summed E-state index contributed by atoms with van der Waals surface area (Å²) in [5, 5.41) is 8.80. The Kier molecular flexibility index (Phi) is 4.72. The molecule has 0 saturated heterocycles. The average molecular weight is 285 g/mol. The summed E-state index contributed by atoms with van der Waals surface area (Å²) in [6.07, 6.45) is 4.23. The van der Waals surface area contributed by atoms with Crippen LogP contribution in [0.25, 0.3) is 0 Å². The van der Waals surface area contributed by atoms with E-state index in [4.69, 9.17) is 16.3 Å². The number of pyridine rings is 1. The first-order chi connectivity index (χ1) is 8.79. The Balaban J connectivity index is 1.95. The standard InChI is InChI=1S/C11H13ClN4OS/c1-2-3-14-11-10(15-16-18-11)7-17-9-4-8(12)5-13-6-9/h4-6,14H,2-3,7H2,1H3. The molecule has 0 unspecified atom stereocenters. The number of aromatic nitrogens is 3. The third kappa shape index (κ3) is 3.54. The fourth-order valence-electron chi connectivity index (χ4n) is 1.30. The molecule has 0 spiro atoms. The van der Waals surface area contributed by atoms with Crippen molar-refractivity contribution < 1.29 is 4.74 Å². The van der Waals surface area contributed by atoms with Crippen LogP contribution < -0.4 is 10.1 Å². The van der Waals surface area contributed by atoms with Gasteiger partial charge in [0.1, 0.15) is 23.1 Å². The van der Waals surface area contributed by atoms with Crippen molar-refractivity contribution in [3.8, 4) is 5.75 Å². The minimum absolute atomic E-state index is 0.352. The summed E-state index contributed by atoms with van der Waals surface area (Å²) in [7, 11) is 0. The van der Waals surface area contributed by atoms with Gasteiger partial charge in [0, 0.05) is 30.3 Å². The molecule has 2 aromatic rings. The van der Waals surface area contributed by atoms with Gasteiger partial charge < -0.3 is 10.1 Å². The summed E-state index contributed by atoms with van der Waals surface area (Å²) in [4.78, 5) is 3.95. The largest absolute Gasteiger partial charge is 0.485 e. The molecule has 1 N–H and O–H groups in total. The van der Waals surface area contributed by atoms with Gasteiger partial charge in [0.15, 0.2) is 0 Å². The molecular weight excluding hydrogens is 272 g/mol. The highest BCUT2D eigenvalue weighted by molar-refractivity contribution is 7.10. The van der Waals surface area contributed by atoms with Gasteiger partial charge in [0.2, 0.25) is 0 Å². The van der Waals surface area contributed by atoms with E-state index in [-0.39, 0.29) is 0 Å². The first-order valence-corrected chi connectivity index (χ1v) is 6.73. The Labute approximate surface area is 114 Å². The van der Waals surface area contributed by atoms with Gasteiger partial charge in [-0.15, -0.1) is 5.10 Å². The van der Waals surface area contributed by atoms with E-state index in [9.17, 15) is 0 Å². The predicted octanol–water partition coefficient (Wildman–Crippen LogP) is 2.99. The lowest BCUT2D eigenvalue weighted by molar-refractivity contribution is 0.300. The van der Waals surface area contributed by atoms with Crippen LogP contribution >= 0.6 is 23.1 Å². The van der Waals surface area contributed by atoms with Gasteiger partial charge in [0.25, 0.3) is 0 Å². The number of nitrogens with one attached hydrogen (secondary N) is 1. The Bertz CT molecular complexity index is 505. The zero-order valence-electron chi connectivity index (χ0n) is 9.89. The second-order valence-electron chi connectivity index (χ2n) is 3.60. The van der Waals surface area contributed by atoms with E-state index in [0.717, 1.165) is 23.7 Å². The number of hydrogen-bond donors (Lipinski definition) is 1. The molecular formula is C11H13ClN4OS. The van der Waals surface area contributed by atoms with Crippen LogP contribution in [-0.2, 0) is 6.61 Å². The molecule has 0 aliphatic carbocycles. The topological polar surface area (TPSA) is 59.9 Å². The Morgan fingerprint density at radius 3 is 3.11 bits per heavy atom. The lowest BCUT2D eigenvalue weighted by atomic mass is 10.4. The Morgan fingerprint density at radius 2 is 2.33 bits per heavy atom. The molecule has 0 aromatic carbocycles. The molecule has 0 fully saturated rings. The second-order valence-corrected chi connectivity index (χ2v) is 4.79. The van der Waals surface area contributed by atoms with Crippen LogP contribution in [0.15, 0.2) is 18.5 Å². The number of anilines is 1. The molecule has 7 heteroatoms. The van der Waals surface area contributed by atoms with Crippen LogP contribution in [0.5, 0.6) is 5.75 Å². The number of nitrogens with zero attached hydrogens (tertiary/aromatic N) is 3. The van der Waals surface area contributed by atoms with Crippen LogP contribution in [0, 0.1) is 0 Å². The van der Waals surface area contributed by atoms with Gasteiger partial charge in [-0.2, -0.15) is 0 Å². The van der Waals surface area contributed by atoms with Crippen molar-refractivity contribution >= 4 is 28.1 Å². The fraction of sp³-hybridized carbons (Fsp3) is 0.364. The molecule has 0 saturated carbocycles. The van der Waals surface area contributed by atoms with Crippen molar-refractivity contribution in [2.75, 3.05) is 11.9 Å². The minimum atomic E-state index is 0.352. The van der Waals surface area contributed by atoms with Crippen molar-refractivity contribution in [3.63, 3.8) is 0 Å². The van der Waals surface area contributed by atoms with Gasteiger partial charge in [0.05, 0.1) is 11.2 Å². The van der Waals surface area contributed by atoms with E-state index in [0.29, 0.717) is 17.4 Å². The summed E-state index contributed by atoms with van der Waals surface area (Å²) < 4.78 is 9.48. The van der Waals surface area contributed by atoms with Gasteiger partial charge in [-0.1, -0.05) is 23.0 Å². The average Bonchev–Trinajstić information content (AvgIpc) is 2.81. The highest BCUT2D eigenvalue weighted by Gasteiger charge is 2.08. The number of ether oxygens (including phenoxy) is 1. The highest BCUT2D eigenvalue weighted by Crippen LogP contribution is 2.21. The van der Waals surface area contributed by atoms with Gasteiger partial charge in [-0.25, -0.2) is 0 Å². The van der Waals surface area contributed by atoms with Crippen LogP contribution in [0.3, 0.4) is 0 Å². The van der Waals surface area contributed by atoms with Crippen molar-refractivity contribution in [1.82, 2.24) is 14.6 Å². The van der Waals surface area contributed by atoms with Crippen LogP contribution in [0.1, 0.15) is 19.0 Å². The molecule has 0 aliphatic heterocycles. The first kappa shape index (κ1) is 13.0. The molecule has 0 atom stereocenters. The molecule has 2 heterocycles. The summed E-state index contributed by atoms with van der Waals surface area (Å²) in [6, 6.07) is 1.72. The maximum atomic E-state index is 5.82. The first-order valence-electron chi connectivity index (χ1n) is 5.58. The maximum absolute atomic E-state index is 5.82. The van der Waals surface area contributed by atoms with E-state index < -0.39 is 0 Å². The monoisotopic (exact) mass is 284 g/mol. The molecule has 2 rings (SSSR count). The number of hydrogen-bond acceptors (Lipinski definition) is 6. The molecule has 0 aliphatic rings. The molecule has 96 valence electrons. The summed E-state index contributed by atoms with van der Waals surface area (Å²) in [6.45, 7) is 3.36. The van der Waals surface area contributed by atoms with Crippen LogP contribution in [0.2, 0.25) is 5.02 Å². The number of halogens is 1. The van der Waals surface area contributed by atoms with Gasteiger partial charge in [-0.3, -0.25) is 4.98 Å². The maximum Gasteiger partial charge on any atom is 0.139 e.